The van der Waals surface area contributed by atoms with Gasteiger partial charge < -0.3 is 26.0 Å². The Bertz CT molecular complexity index is 1220. The number of hydrogen-bond donors (Lipinski definition) is 3. The third-order valence-corrected chi connectivity index (χ3v) is 6.28. The molecule has 0 radical (unpaired) electrons. The van der Waals surface area contributed by atoms with Crippen LogP contribution in [0.4, 0.5) is 20.6 Å². The Morgan fingerprint density at radius 2 is 1.86 bits per heavy atom. The van der Waals surface area contributed by atoms with Gasteiger partial charge >= 0.3 is 6.03 Å². The average molecular weight is 497 g/mol. The van der Waals surface area contributed by atoms with Crippen LogP contribution in [0, 0.1) is 5.82 Å². The molecular formula is C26H26ClFN4O3. The van der Waals surface area contributed by atoms with Gasteiger partial charge in [-0.1, -0.05) is 41.9 Å². The van der Waals surface area contributed by atoms with Gasteiger partial charge in [-0.3, -0.25) is 4.79 Å². The van der Waals surface area contributed by atoms with Crippen LogP contribution in [0.5, 0.6) is 0 Å². The summed E-state index contributed by atoms with van der Waals surface area (Å²) in [6, 6.07) is 17.4. The SMILES string of the molecule is CO[C@@H]1CC(C(=O)Nc2ccc(-c3ccccc3CN)cc2F)N(C(=O)Nc2ccc(Cl)cc2)C1. The normalized spacial score (nSPS) is 17.3. The van der Waals surface area contributed by atoms with E-state index < -0.39 is 23.8 Å². The third-order valence-electron chi connectivity index (χ3n) is 6.03. The third kappa shape index (κ3) is 5.62. The number of likely N-dealkylation sites (tertiary alicyclic amines) is 1. The van der Waals surface area contributed by atoms with E-state index in [9.17, 15) is 14.0 Å². The van der Waals surface area contributed by atoms with Gasteiger partial charge in [-0.25, -0.2) is 9.18 Å². The van der Waals surface area contributed by atoms with Crippen LogP contribution in [0.2, 0.25) is 5.02 Å². The van der Waals surface area contributed by atoms with E-state index in [-0.39, 0.29) is 18.3 Å². The smallest absolute Gasteiger partial charge is 0.322 e. The Kier molecular flexibility index (Phi) is 7.65. The van der Waals surface area contributed by atoms with Crippen molar-refractivity contribution in [1.82, 2.24) is 4.90 Å². The standard InChI is InChI=1S/C26H26ClFN4O3/c1-35-20-13-24(32(15-20)26(34)30-19-9-7-18(27)8-10-19)25(33)31-23-11-6-16(12-22(23)28)21-5-3-2-4-17(21)14-29/h2-12,20,24H,13-15,29H2,1H3,(H,30,34)(H,31,33)/t20-,24?/m1/s1. The number of anilines is 2. The minimum atomic E-state index is -0.829. The highest BCUT2D eigenvalue weighted by atomic mass is 35.5. The van der Waals surface area contributed by atoms with Crippen LogP contribution in [0.3, 0.4) is 0 Å². The molecule has 9 heteroatoms. The largest absolute Gasteiger partial charge is 0.380 e. The number of nitrogens with one attached hydrogen (secondary N) is 2. The first-order chi connectivity index (χ1) is 16.9. The van der Waals surface area contributed by atoms with Crippen molar-refractivity contribution < 1.29 is 18.7 Å². The first kappa shape index (κ1) is 24.7. The molecule has 1 heterocycles. The molecule has 1 aliphatic rings. The van der Waals surface area contributed by atoms with Gasteiger partial charge in [0, 0.05) is 37.3 Å². The number of nitrogens with zero attached hydrogens (tertiary/aromatic N) is 1. The topological polar surface area (TPSA) is 96.7 Å². The zero-order valence-electron chi connectivity index (χ0n) is 19.1. The van der Waals surface area contributed by atoms with Crippen LogP contribution >= 0.6 is 11.6 Å². The van der Waals surface area contributed by atoms with Gasteiger partial charge in [0.25, 0.3) is 0 Å². The number of urea groups is 1. The first-order valence-electron chi connectivity index (χ1n) is 11.1. The summed E-state index contributed by atoms with van der Waals surface area (Å²) >= 11 is 5.90. The average Bonchev–Trinajstić information content (AvgIpc) is 3.31. The number of rotatable bonds is 6. The Hall–Kier alpha value is -3.46. The maximum atomic E-state index is 15.0. The lowest BCUT2D eigenvalue weighted by molar-refractivity contribution is -0.119. The van der Waals surface area contributed by atoms with Crippen molar-refractivity contribution in [2.24, 2.45) is 5.73 Å². The van der Waals surface area contributed by atoms with Crippen molar-refractivity contribution in [3.8, 4) is 11.1 Å². The quantitative estimate of drug-likeness (QED) is 0.454. The molecule has 1 fully saturated rings. The Labute approximate surface area is 208 Å². The zero-order chi connectivity index (χ0) is 24.9. The lowest BCUT2D eigenvalue weighted by atomic mass is 9.99. The molecule has 0 bridgehead atoms. The number of benzene rings is 3. The number of methoxy groups -OCH3 is 1. The van der Waals surface area contributed by atoms with Crippen molar-refractivity contribution >= 4 is 34.9 Å². The molecular weight excluding hydrogens is 471 g/mol. The summed E-state index contributed by atoms with van der Waals surface area (Å²) in [6.45, 7) is 0.553. The summed E-state index contributed by atoms with van der Waals surface area (Å²) in [5.74, 6) is -1.08. The van der Waals surface area contributed by atoms with Crippen LogP contribution in [0.25, 0.3) is 11.1 Å². The molecule has 1 unspecified atom stereocenters. The highest BCUT2D eigenvalue weighted by Crippen LogP contribution is 2.28. The van der Waals surface area contributed by atoms with Crippen molar-refractivity contribution in [1.29, 1.82) is 0 Å². The lowest BCUT2D eigenvalue weighted by Crippen LogP contribution is -2.45. The van der Waals surface area contributed by atoms with Gasteiger partial charge in [0.05, 0.1) is 11.8 Å². The number of carbonyl (C=O) groups is 2. The highest BCUT2D eigenvalue weighted by Gasteiger charge is 2.40. The molecule has 0 saturated carbocycles. The van der Waals surface area contributed by atoms with Crippen LogP contribution in [0.15, 0.2) is 66.7 Å². The van der Waals surface area contributed by atoms with Crippen molar-refractivity contribution in [3.05, 3.63) is 83.1 Å². The van der Waals surface area contributed by atoms with Crippen molar-refractivity contribution in [3.63, 3.8) is 0 Å². The Morgan fingerprint density at radius 1 is 1.11 bits per heavy atom. The number of ether oxygens (including phenoxy) is 1. The molecule has 1 aliphatic heterocycles. The van der Waals surface area contributed by atoms with E-state index in [1.807, 2.05) is 24.3 Å². The highest BCUT2D eigenvalue weighted by molar-refractivity contribution is 6.30. The van der Waals surface area contributed by atoms with Crippen LogP contribution < -0.4 is 16.4 Å². The molecule has 3 aromatic carbocycles. The van der Waals surface area contributed by atoms with E-state index in [1.165, 1.54) is 24.1 Å². The van der Waals surface area contributed by atoms with E-state index in [2.05, 4.69) is 10.6 Å². The number of hydrogen-bond acceptors (Lipinski definition) is 4. The molecule has 4 rings (SSSR count). The second-order valence-corrected chi connectivity index (χ2v) is 8.68. The van der Waals surface area contributed by atoms with E-state index in [0.29, 0.717) is 29.2 Å². The second-order valence-electron chi connectivity index (χ2n) is 8.24. The minimum Gasteiger partial charge on any atom is -0.380 e. The molecule has 0 aromatic heterocycles. The summed E-state index contributed by atoms with van der Waals surface area (Å²) in [5.41, 5.74) is 8.75. The van der Waals surface area contributed by atoms with Gasteiger partial charge in [-0.2, -0.15) is 0 Å². The Morgan fingerprint density at radius 3 is 2.54 bits per heavy atom. The summed E-state index contributed by atoms with van der Waals surface area (Å²) in [7, 11) is 1.53. The van der Waals surface area contributed by atoms with Crippen molar-refractivity contribution in [2.45, 2.75) is 25.1 Å². The van der Waals surface area contributed by atoms with Gasteiger partial charge in [0.15, 0.2) is 0 Å². The molecule has 1 saturated heterocycles. The first-order valence-corrected chi connectivity index (χ1v) is 11.5. The minimum absolute atomic E-state index is 0.0305. The van der Waals surface area contributed by atoms with Gasteiger partial charge in [-0.15, -0.1) is 0 Å². The van der Waals surface area contributed by atoms with Gasteiger partial charge in [-0.05, 0) is 53.1 Å². The number of halogens is 2. The van der Waals surface area contributed by atoms with Crippen LogP contribution in [0.1, 0.15) is 12.0 Å². The Balaban J connectivity index is 1.50. The summed E-state index contributed by atoms with van der Waals surface area (Å²) in [5, 5.41) is 5.93. The summed E-state index contributed by atoms with van der Waals surface area (Å²) in [6.07, 6.45) is -0.0262. The molecule has 3 aromatic rings. The summed E-state index contributed by atoms with van der Waals surface area (Å²) < 4.78 is 20.4. The molecule has 2 atom stereocenters. The molecule has 3 amide bonds. The molecule has 0 aliphatic carbocycles. The fourth-order valence-corrected chi connectivity index (χ4v) is 4.28. The second kappa shape index (κ2) is 10.9. The molecule has 4 N–H and O–H groups in total. The van der Waals surface area contributed by atoms with E-state index in [4.69, 9.17) is 22.1 Å². The maximum Gasteiger partial charge on any atom is 0.322 e. The van der Waals surface area contributed by atoms with Gasteiger partial charge in [0.1, 0.15) is 11.9 Å². The van der Waals surface area contributed by atoms with Crippen molar-refractivity contribution in [2.75, 3.05) is 24.3 Å². The monoisotopic (exact) mass is 496 g/mol. The zero-order valence-corrected chi connectivity index (χ0v) is 19.9. The van der Waals surface area contributed by atoms with Crippen LogP contribution in [-0.4, -0.2) is 42.6 Å². The van der Waals surface area contributed by atoms with E-state index in [0.717, 1.165) is 11.1 Å². The fourth-order valence-electron chi connectivity index (χ4n) is 4.15. The summed E-state index contributed by atoms with van der Waals surface area (Å²) in [4.78, 5) is 27.4. The number of nitrogens with two attached hydrogens (primary N) is 1. The maximum absolute atomic E-state index is 15.0. The molecule has 7 nitrogen and oxygen atoms in total. The molecule has 35 heavy (non-hydrogen) atoms. The molecule has 0 spiro atoms. The van der Waals surface area contributed by atoms with E-state index in [1.54, 1.807) is 30.3 Å². The predicted molar refractivity (Wildman–Crippen MR) is 135 cm³/mol. The van der Waals surface area contributed by atoms with Crippen LogP contribution in [-0.2, 0) is 16.1 Å². The predicted octanol–water partition coefficient (Wildman–Crippen LogP) is 4.86. The van der Waals surface area contributed by atoms with Gasteiger partial charge in [0.2, 0.25) is 5.91 Å². The van der Waals surface area contributed by atoms with E-state index >= 15 is 0 Å². The molecule has 182 valence electrons. The number of carbonyl (C=O) groups excluding carboxylic acids is 2. The number of amides is 3. The lowest BCUT2D eigenvalue weighted by Gasteiger charge is -2.24. The fraction of sp³-hybridized carbons (Fsp3) is 0.231.